The number of ether oxygens (including phenoxy) is 1. The molecule has 0 bridgehead atoms. The highest BCUT2D eigenvalue weighted by Crippen LogP contribution is 2.33. The summed E-state index contributed by atoms with van der Waals surface area (Å²) in [6, 6.07) is 16.3. The van der Waals surface area contributed by atoms with Gasteiger partial charge in [-0.2, -0.15) is 0 Å². The third-order valence-electron chi connectivity index (χ3n) is 4.27. The smallest absolute Gasteiger partial charge is 0.241 e. The largest absolute Gasteiger partial charge is 0.497 e. The molecule has 1 amide bonds. The minimum absolute atomic E-state index is 0.00157. The van der Waals surface area contributed by atoms with Gasteiger partial charge in [0.15, 0.2) is 0 Å². The molecule has 1 unspecified atom stereocenters. The van der Waals surface area contributed by atoms with Crippen LogP contribution in [-0.2, 0) is 4.79 Å². The van der Waals surface area contributed by atoms with E-state index >= 15 is 0 Å². The van der Waals surface area contributed by atoms with E-state index in [-0.39, 0.29) is 11.9 Å². The van der Waals surface area contributed by atoms with Crippen molar-refractivity contribution in [2.24, 2.45) is 0 Å². The number of rotatable bonds is 4. The Balaban J connectivity index is 1.88. The number of anilines is 1. The van der Waals surface area contributed by atoms with E-state index in [1.807, 2.05) is 29.3 Å². The first-order valence-electron chi connectivity index (χ1n) is 7.91. The molecule has 0 spiro atoms. The van der Waals surface area contributed by atoms with Crippen LogP contribution in [0.4, 0.5) is 5.69 Å². The van der Waals surface area contributed by atoms with Gasteiger partial charge < -0.3 is 4.74 Å². The fraction of sp³-hybridized carbons (Fsp3) is 0.316. The lowest BCUT2D eigenvalue weighted by Gasteiger charge is -2.26. The van der Waals surface area contributed by atoms with Crippen LogP contribution in [-0.4, -0.2) is 13.0 Å². The van der Waals surface area contributed by atoms with Crippen molar-refractivity contribution < 1.29 is 9.53 Å². The number of carbonyl (C=O) groups excluding carboxylic acids is 1. The molecule has 23 heavy (non-hydrogen) atoms. The standard InChI is InChI=1S/C19H22N2O2/c1-13(2)14-4-8-16(9-5-14)21-18(12-19(22)20-21)15-6-10-17(23-3)11-7-15/h4-11,13,18H,12H2,1-3H3,(H,20,22). The first-order chi connectivity index (χ1) is 11.1. The molecule has 1 heterocycles. The van der Waals surface area contributed by atoms with Crippen molar-refractivity contribution in [1.29, 1.82) is 0 Å². The molecule has 120 valence electrons. The topological polar surface area (TPSA) is 41.6 Å². The Labute approximate surface area is 137 Å². The van der Waals surface area contributed by atoms with E-state index < -0.39 is 0 Å². The summed E-state index contributed by atoms with van der Waals surface area (Å²) < 4.78 is 5.20. The molecule has 4 nitrogen and oxygen atoms in total. The summed E-state index contributed by atoms with van der Waals surface area (Å²) in [5, 5.41) is 1.95. The van der Waals surface area contributed by atoms with Gasteiger partial charge in [0.05, 0.1) is 25.3 Å². The van der Waals surface area contributed by atoms with Crippen molar-refractivity contribution in [3.63, 3.8) is 0 Å². The van der Waals surface area contributed by atoms with Crippen molar-refractivity contribution in [1.82, 2.24) is 5.43 Å². The summed E-state index contributed by atoms with van der Waals surface area (Å²) in [6.45, 7) is 4.35. The lowest BCUT2D eigenvalue weighted by atomic mass is 10.0. The van der Waals surface area contributed by atoms with Crippen molar-refractivity contribution >= 4 is 11.6 Å². The zero-order valence-corrected chi connectivity index (χ0v) is 13.7. The van der Waals surface area contributed by atoms with Gasteiger partial charge >= 0.3 is 0 Å². The number of methoxy groups -OCH3 is 1. The van der Waals surface area contributed by atoms with E-state index in [0.717, 1.165) is 17.0 Å². The average Bonchev–Trinajstić information content (AvgIpc) is 2.97. The predicted octanol–water partition coefficient (Wildman–Crippen LogP) is 3.80. The van der Waals surface area contributed by atoms with E-state index in [1.54, 1.807) is 7.11 Å². The summed E-state index contributed by atoms with van der Waals surface area (Å²) in [5.74, 6) is 1.35. The van der Waals surface area contributed by atoms with Gasteiger partial charge in [0.25, 0.3) is 0 Å². The summed E-state index contributed by atoms with van der Waals surface area (Å²) in [7, 11) is 1.65. The van der Waals surface area contributed by atoms with Gasteiger partial charge in [-0.25, -0.2) is 0 Å². The first-order valence-corrected chi connectivity index (χ1v) is 7.91. The van der Waals surface area contributed by atoms with E-state index in [1.165, 1.54) is 5.56 Å². The number of carbonyl (C=O) groups is 1. The van der Waals surface area contributed by atoms with Crippen molar-refractivity contribution in [2.75, 3.05) is 12.1 Å². The molecule has 2 aromatic carbocycles. The van der Waals surface area contributed by atoms with E-state index in [9.17, 15) is 4.79 Å². The molecule has 1 aliphatic rings. The second-order valence-electron chi connectivity index (χ2n) is 6.14. The van der Waals surface area contributed by atoms with Crippen molar-refractivity contribution in [3.8, 4) is 5.75 Å². The maximum atomic E-state index is 11.9. The van der Waals surface area contributed by atoms with Crippen LogP contribution in [0.5, 0.6) is 5.75 Å². The Bertz CT molecular complexity index is 678. The summed E-state index contributed by atoms with van der Waals surface area (Å²) in [4.78, 5) is 11.9. The number of hydrogen-bond acceptors (Lipinski definition) is 3. The number of hydrazine groups is 1. The van der Waals surface area contributed by atoms with Crippen LogP contribution >= 0.6 is 0 Å². The quantitative estimate of drug-likeness (QED) is 0.934. The van der Waals surface area contributed by atoms with Crippen LogP contribution in [0.2, 0.25) is 0 Å². The third kappa shape index (κ3) is 3.16. The monoisotopic (exact) mass is 310 g/mol. The van der Waals surface area contributed by atoms with Crippen LogP contribution in [0.3, 0.4) is 0 Å². The molecule has 3 rings (SSSR count). The number of amides is 1. The molecule has 2 aromatic rings. The molecule has 1 atom stereocenters. The molecular formula is C19H22N2O2. The van der Waals surface area contributed by atoms with Crippen LogP contribution in [0.15, 0.2) is 48.5 Å². The maximum absolute atomic E-state index is 11.9. The highest BCUT2D eigenvalue weighted by molar-refractivity contribution is 5.83. The predicted molar refractivity (Wildman–Crippen MR) is 91.5 cm³/mol. The summed E-state index contributed by atoms with van der Waals surface area (Å²) in [5.41, 5.74) is 6.35. The fourth-order valence-electron chi connectivity index (χ4n) is 2.88. The Morgan fingerprint density at radius 3 is 2.30 bits per heavy atom. The molecule has 0 aliphatic carbocycles. The Morgan fingerprint density at radius 1 is 1.09 bits per heavy atom. The number of nitrogens with zero attached hydrogens (tertiary/aromatic N) is 1. The van der Waals surface area contributed by atoms with Gasteiger partial charge in [0.1, 0.15) is 5.75 Å². The maximum Gasteiger partial charge on any atom is 0.241 e. The van der Waals surface area contributed by atoms with E-state index in [0.29, 0.717) is 12.3 Å². The highest BCUT2D eigenvalue weighted by atomic mass is 16.5. The molecule has 1 fully saturated rings. The molecule has 0 radical (unpaired) electrons. The Kier molecular flexibility index (Phi) is 4.24. The number of hydrogen-bond donors (Lipinski definition) is 1. The molecule has 4 heteroatoms. The van der Waals surface area contributed by atoms with E-state index in [4.69, 9.17) is 4.74 Å². The van der Waals surface area contributed by atoms with Gasteiger partial charge in [-0.1, -0.05) is 38.1 Å². The second-order valence-corrected chi connectivity index (χ2v) is 6.14. The Morgan fingerprint density at radius 2 is 1.74 bits per heavy atom. The van der Waals surface area contributed by atoms with Crippen LogP contribution in [0.25, 0.3) is 0 Å². The lowest BCUT2D eigenvalue weighted by molar-refractivity contribution is -0.119. The third-order valence-corrected chi connectivity index (χ3v) is 4.27. The normalized spacial score (nSPS) is 17.5. The zero-order valence-electron chi connectivity index (χ0n) is 13.7. The van der Waals surface area contributed by atoms with E-state index in [2.05, 4.69) is 43.5 Å². The van der Waals surface area contributed by atoms with Gasteiger partial charge in [-0.3, -0.25) is 15.2 Å². The van der Waals surface area contributed by atoms with Gasteiger partial charge in [-0.05, 0) is 41.3 Å². The summed E-state index contributed by atoms with van der Waals surface area (Å²) >= 11 is 0. The lowest BCUT2D eigenvalue weighted by Crippen LogP contribution is -2.34. The Hall–Kier alpha value is -2.49. The second kappa shape index (κ2) is 6.32. The van der Waals surface area contributed by atoms with Gasteiger partial charge in [-0.15, -0.1) is 0 Å². The number of benzene rings is 2. The van der Waals surface area contributed by atoms with Crippen molar-refractivity contribution in [3.05, 3.63) is 59.7 Å². The van der Waals surface area contributed by atoms with Gasteiger partial charge in [0.2, 0.25) is 5.91 Å². The summed E-state index contributed by atoms with van der Waals surface area (Å²) in [6.07, 6.45) is 0.457. The van der Waals surface area contributed by atoms with Crippen LogP contribution < -0.4 is 15.2 Å². The molecule has 1 saturated heterocycles. The number of nitrogens with one attached hydrogen (secondary N) is 1. The molecule has 0 aromatic heterocycles. The SMILES string of the molecule is COc1ccc(C2CC(=O)NN2c2ccc(C(C)C)cc2)cc1. The van der Waals surface area contributed by atoms with Crippen molar-refractivity contribution in [2.45, 2.75) is 32.2 Å². The molecular weight excluding hydrogens is 288 g/mol. The van der Waals surface area contributed by atoms with Crippen LogP contribution in [0, 0.1) is 0 Å². The average molecular weight is 310 g/mol. The minimum atomic E-state index is -0.00157. The molecule has 1 N–H and O–H groups in total. The molecule has 0 saturated carbocycles. The highest BCUT2D eigenvalue weighted by Gasteiger charge is 2.31. The molecule has 1 aliphatic heterocycles. The zero-order chi connectivity index (χ0) is 16.4. The first kappa shape index (κ1) is 15.4. The minimum Gasteiger partial charge on any atom is -0.497 e. The van der Waals surface area contributed by atoms with Crippen LogP contribution in [0.1, 0.15) is 43.4 Å². The fourth-order valence-corrected chi connectivity index (χ4v) is 2.88. The van der Waals surface area contributed by atoms with Gasteiger partial charge in [0, 0.05) is 0 Å².